The zero-order valence-electron chi connectivity index (χ0n) is 16.9. The molecule has 0 bridgehead atoms. The first-order valence-corrected chi connectivity index (χ1v) is 16.9. The van der Waals surface area contributed by atoms with Gasteiger partial charge >= 0.3 is 0 Å². The van der Waals surface area contributed by atoms with Crippen molar-refractivity contribution in [2.75, 3.05) is 26.7 Å². The molecule has 0 N–H and O–H groups in total. The van der Waals surface area contributed by atoms with Gasteiger partial charge in [0.1, 0.15) is 0 Å². The summed E-state index contributed by atoms with van der Waals surface area (Å²) >= 11 is 0. The Hall–Kier alpha value is -1.66. The fraction of sp³-hybridized carbons (Fsp3) is 0.217. The first kappa shape index (κ1) is 21.1. The summed E-state index contributed by atoms with van der Waals surface area (Å²) in [7, 11) is -8.28. The van der Waals surface area contributed by atoms with Gasteiger partial charge in [0.05, 0.1) is 19.3 Å². The summed E-state index contributed by atoms with van der Waals surface area (Å²) in [6, 6.07) is 31.0. The molecule has 0 heterocycles. The molecule has 0 aliphatic carbocycles. The monoisotopic (exact) mass is 426 g/mol. The Kier molecular flexibility index (Phi) is 6.01. The van der Waals surface area contributed by atoms with Crippen molar-refractivity contribution in [3.63, 3.8) is 0 Å². The molecule has 0 amide bonds. The van der Waals surface area contributed by atoms with E-state index >= 15 is 0 Å². The summed E-state index contributed by atoms with van der Waals surface area (Å²) in [5.74, 6) is 0. The van der Waals surface area contributed by atoms with Gasteiger partial charge in [0.15, 0.2) is 8.07 Å². The molecule has 0 aromatic heterocycles. The summed E-state index contributed by atoms with van der Waals surface area (Å²) in [6.07, 6.45) is 0. The molecule has 0 aliphatic heterocycles. The van der Waals surface area contributed by atoms with Gasteiger partial charge in [-0.15, -0.1) is 0 Å². The van der Waals surface area contributed by atoms with E-state index in [1.54, 1.807) is 0 Å². The molecule has 3 rings (SSSR count). The highest BCUT2D eigenvalue weighted by Crippen LogP contribution is 2.63. The molecule has 0 unspecified atom stereocenters. The van der Waals surface area contributed by atoms with Crippen molar-refractivity contribution in [2.45, 2.75) is 5.02 Å². The van der Waals surface area contributed by atoms with Crippen molar-refractivity contribution in [1.29, 1.82) is 0 Å². The molecule has 0 saturated heterocycles. The van der Waals surface area contributed by atoms with E-state index in [1.165, 1.54) is 0 Å². The highest BCUT2D eigenvalue weighted by Gasteiger charge is 2.55. The number of hydrogen-bond donors (Lipinski definition) is 0. The Labute approximate surface area is 169 Å². The predicted octanol–water partition coefficient (Wildman–Crippen LogP) is 4.27. The highest BCUT2D eigenvalue weighted by atomic mass is 31.2. The quantitative estimate of drug-likeness (QED) is 0.335. The Morgan fingerprint density at radius 2 is 0.786 bits per heavy atom. The smallest absolute Gasteiger partial charge is 0.166 e. The summed E-state index contributed by atoms with van der Waals surface area (Å²) in [4.78, 5) is 0. The van der Waals surface area contributed by atoms with E-state index in [4.69, 9.17) is 0 Å². The van der Waals surface area contributed by atoms with Crippen LogP contribution in [-0.2, 0) is 9.13 Å². The molecule has 2 nitrogen and oxygen atoms in total. The van der Waals surface area contributed by atoms with Crippen LogP contribution in [0.1, 0.15) is 0 Å². The second kappa shape index (κ2) is 7.99. The maximum absolute atomic E-state index is 13.8. The number of benzene rings is 3. The second-order valence-corrected chi connectivity index (χ2v) is 20.2. The molecular formula is C23H28O2P2Si. The fourth-order valence-corrected chi connectivity index (χ4v) is 24.2. The van der Waals surface area contributed by atoms with Crippen LogP contribution in [0.4, 0.5) is 0 Å². The molecule has 0 spiro atoms. The van der Waals surface area contributed by atoms with E-state index in [0.29, 0.717) is 0 Å². The van der Waals surface area contributed by atoms with Crippen LogP contribution >= 0.6 is 14.3 Å². The standard InChI is InChI=1S/C23H28O2P2Si/c1-26(2,24)23(27(3,4)25)28(20-14-8-5-9-15-20,21-16-10-6-11-17-21)22-18-12-7-13-19-22/h5-19,23H,1-4H3. The van der Waals surface area contributed by atoms with Gasteiger partial charge in [0.2, 0.25) is 0 Å². The molecule has 0 aliphatic rings. The van der Waals surface area contributed by atoms with Gasteiger partial charge in [-0.3, -0.25) is 0 Å². The van der Waals surface area contributed by atoms with Gasteiger partial charge in [-0.05, 0) is 42.2 Å². The Balaban J connectivity index is 2.55. The first-order valence-electron chi connectivity index (χ1n) is 9.44. The van der Waals surface area contributed by atoms with E-state index in [-0.39, 0.29) is 5.02 Å². The lowest BCUT2D eigenvalue weighted by molar-refractivity contribution is 0.574. The van der Waals surface area contributed by atoms with Crippen LogP contribution in [0.15, 0.2) is 91.0 Å². The number of rotatable bonds is 6. The van der Waals surface area contributed by atoms with E-state index in [2.05, 4.69) is 36.4 Å². The molecular weight excluding hydrogens is 398 g/mol. The first-order chi connectivity index (χ1) is 13.2. The third-order valence-electron chi connectivity index (χ3n) is 5.25. The molecule has 3 aromatic carbocycles. The maximum Gasteiger partial charge on any atom is 0.166 e. The van der Waals surface area contributed by atoms with Gasteiger partial charge in [0.25, 0.3) is 0 Å². The number of hydrogen-bond acceptors (Lipinski definition) is 2. The molecule has 0 atom stereocenters. The van der Waals surface area contributed by atoms with E-state index in [1.807, 2.05) is 81.3 Å². The molecule has 0 saturated carbocycles. The lowest BCUT2D eigenvalue weighted by atomic mass is 10.3. The molecule has 0 fully saturated rings. The minimum atomic E-state index is -2.85. The minimum Gasteiger partial charge on any atom is -0.324 e. The van der Waals surface area contributed by atoms with Crippen molar-refractivity contribution in [3.8, 4) is 0 Å². The molecule has 146 valence electrons. The summed E-state index contributed by atoms with van der Waals surface area (Å²) in [6.45, 7) is 7.25. The average molecular weight is 427 g/mol. The van der Waals surface area contributed by atoms with Crippen LogP contribution in [0.2, 0.25) is 0 Å². The van der Waals surface area contributed by atoms with Crippen LogP contribution in [0.5, 0.6) is 0 Å². The zero-order valence-corrected chi connectivity index (χ0v) is 19.7. The van der Waals surface area contributed by atoms with Crippen LogP contribution in [-0.4, -0.2) is 39.8 Å². The average Bonchev–Trinajstić information content (AvgIpc) is 2.66. The molecule has 3 aromatic rings. The lowest BCUT2D eigenvalue weighted by Crippen LogP contribution is -2.73. The molecule has 5 heteroatoms. The third-order valence-corrected chi connectivity index (χ3v) is 21.5. The highest BCUT2D eigenvalue weighted by molar-refractivity contribution is 7.85. The normalized spacial score (nSPS) is 12.9. The minimum absolute atomic E-state index is 0.375. The fourth-order valence-electron chi connectivity index (χ4n) is 4.65. The maximum atomic E-state index is 13.8. The molecule has 0 radical (unpaired) electrons. The van der Waals surface area contributed by atoms with E-state index in [9.17, 15) is 9.13 Å². The van der Waals surface area contributed by atoms with Crippen LogP contribution in [0.25, 0.3) is 0 Å². The van der Waals surface area contributed by atoms with E-state index < -0.39 is 22.4 Å². The molecule has 28 heavy (non-hydrogen) atoms. The van der Waals surface area contributed by atoms with Crippen LogP contribution < -0.4 is 15.6 Å². The largest absolute Gasteiger partial charge is 0.324 e. The van der Waals surface area contributed by atoms with Gasteiger partial charge in [-0.1, -0.05) is 91.0 Å². The second-order valence-electron chi connectivity index (χ2n) is 8.15. The Morgan fingerprint density at radius 3 is 1.00 bits per heavy atom. The van der Waals surface area contributed by atoms with Gasteiger partial charge in [-0.2, -0.15) is 0 Å². The summed E-state index contributed by atoms with van der Waals surface area (Å²) in [5, 5.41) is 3.10. The van der Waals surface area contributed by atoms with Gasteiger partial charge in [0, 0.05) is 0 Å². The predicted molar refractivity (Wildman–Crippen MR) is 127 cm³/mol. The van der Waals surface area contributed by atoms with Crippen LogP contribution in [0.3, 0.4) is 0 Å². The van der Waals surface area contributed by atoms with Crippen molar-refractivity contribution in [1.82, 2.24) is 0 Å². The Morgan fingerprint density at radius 1 is 0.536 bits per heavy atom. The summed E-state index contributed by atoms with van der Waals surface area (Å²) in [5.41, 5.74) is 0. The van der Waals surface area contributed by atoms with E-state index in [0.717, 1.165) is 15.6 Å². The van der Waals surface area contributed by atoms with Gasteiger partial charge in [-0.25, -0.2) is 0 Å². The van der Waals surface area contributed by atoms with Crippen molar-refractivity contribution in [3.05, 3.63) is 91.0 Å². The van der Waals surface area contributed by atoms with Crippen molar-refractivity contribution < 1.29 is 9.13 Å². The Bertz CT molecular complexity index is 890. The topological polar surface area (TPSA) is 34.1 Å². The SMILES string of the molecule is CP(C)(=O)C([Si](c1ccccc1)(c1ccccc1)c1ccccc1)P(C)(C)=O. The lowest BCUT2D eigenvalue weighted by Gasteiger charge is -2.44. The van der Waals surface area contributed by atoms with Crippen LogP contribution in [0, 0.1) is 0 Å². The third kappa shape index (κ3) is 3.89. The zero-order chi connectivity index (χ0) is 20.4. The van der Waals surface area contributed by atoms with Crippen molar-refractivity contribution >= 4 is 37.9 Å². The summed E-state index contributed by atoms with van der Waals surface area (Å²) < 4.78 is 27.6. The van der Waals surface area contributed by atoms with Gasteiger partial charge < -0.3 is 9.13 Å². The van der Waals surface area contributed by atoms with Crippen molar-refractivity contribution in [2.24, 2.45) is 0 Å².